The number of ether oxygens (including phenoxy) is 2. The van der Waals surface area contributed by atoms with Crippen LogP contribution in [-0.4, -0.2) is 41.1 Å². The fourth-order valence-corrected chi connectivity index (χ4v) is 7.65. The molecule has 4 aliphatic rings. The summed E-state index contributed by atoms with van der Waals surface area (Å²) in [5, 5.41) is 2.97. The number of nitrogens with one attached hydrogen (secondary N) is 1. The van der Waals surface area contributed by atoms with Crippen LogP contribution < -0.4 is 14.8 Å². The zero-order chi connectivity index (χ0) is 23.7. The zero-order valence-electron chi connectivity index (χ0n) is 18.6. The molecule has 1 N–H and O–H groups in total. The van der Waals surface area contributed by atoms with E-state index < -0.39 is 17.3 Å². The van der Waals surface area contributed by atoms with E-state index in [2.05, 4.69) is 10.2 Å². The number of thioether (sulfide) groups is 1. The van der Waals surface area contributed by atoms with E-state index in [1.165, 1.54) is 12.1 Å². The molecule has 8 heteroatoms. The first-order valence-corrected chi connectivity index (χ1v) is 12.7. The standard InChI is InChI=1S/C27H21FN2O4S/c28-17-7-8-19-18(11-17)27(26(32)29-19)24(25(31)16-6-9-21-22(10-16)34-14-33-21)23(15-4-2-1-3-5-15)20-12-35-13-30(20)27/h1-11,20,23-24H,12-14H2,(H,29,32)/t20?,23?,24?,27-/m0/s1. The van der Waals surface area contributed by atoms with Crippen LogP contribution in [0.5, 0.6) is 11.5 Å². The van der Waals surface area contributed by atoms with Crippen LogP contribution in [0.4, 0.5) is 10.1 Å². The topological polar surface area (TPSA) is 67.9 Å². The summed E-state index contributed by atoms with van der Waals surface area (Å²) in [6, 6.07) is 19.3. The van der Waals surface area contributed by atoms with Gasteiger partial charge in [-0.05, 0) is 42.0 Å². The van der Waals surface area contributed by atoms with Gasteiger partial charge in [0.05, 0.1) is 5.92 Å². The molecule has 3 aromatic rings. The molecule has 0 radical (unpaired) electrons. The monoisotopic (exact) mass is 488 g/mol. The van der Waals surface area contributed by atoms with Gasteiger partial charge >= 0.3 is 0 Å². The molecule has 0 aromatic heterocycles. The Labute approximate surface area is 205 Å². The lowest BCUT2D eigenvalue weighted by Gasteiger charge is -2.36. The Hall–Kier alpha value is -3.36. The van der Waals surface area contributed by atoms with Crippen molar-refractivity contribution in [2.45, 2.75) is 17.5 Å². The van der Waals surface area contributed by atoms with Crippen molar-refractivity contribution in [3.63, 3.8) is 0 Å². The quantitative estimate of drug-likeness (QED) is 0.553. The number of Topliss-reactive ketones (excluding diaryl/α,β-unsaturated/α-hetero) is 1. The van der Waals surface area contributed by atoms with E-state index in [1.807, 2.05) is 30.3 Å². The minimum absolute atomic E-state index is 0.0506. The van der Waals surface area contributed by atoms with Gasteiger partial charge in [0.15, 0.2) is 17.3 Å². The number of anilines is 1. The fraction of sp³-hybridized carbons (Fsp3) is 0.259. The number of amides is 1. The molecule has 2 saturated heterocycles. The SMILES string of the molecule is O=C(c1ccc2c(c1)OCO2)C1C(c2ccccc2)C2CSCN2[C@]12C(=O)Nc1ccc(F)cc12. The summed E-state index contributed by atoms with van der Waals surface area (Å²) >= 11 is 1.74. The third-order valence-corrected chi connectivity index (χ3v) is 8.74. The Morgan fingerprint density at radius 2 is 1.89 bits per heavy atom. The minimum atomic E-state index is -1.31. The molecule has 1 spiro atoms. The average Bonchev–Trinajstić information content (AvgIpc) is 3.63. The lowest BCUT2D eigenvalue weighted by molar-refractivity contribution is -0.127. The number of nitrogens with zero attached hydrogens (tertiary/aromatic N) is 1. The van der Waals surface area contributed by atoms with Gasteiger partial charge in [-0.2, -0.15) is 0 Å². The number of hydrogen-bond acceptors (Lipinski definition) is 6. The Kier molecular flexibility index (Phi) is 4.53. The summed E-state index contributed by atoms with van der Waals surface area (Å²) in [4.78, 5) is 30.5. The van der Waals surface area contributed by atoms with Crippen LogP contribution in [0.25, 0.3) is 0 Å². The van der Waals surface area contributed by atoms with E-state index in [-0.39, 0.29) is 30.4 Å². The molecule has 2 fully saturated rings. The van der Waals surface area contributed by atoms with Crippen molar-refractivity contribution in [1.82, 2.24) is 4.90 Å². The predicted molar refractivity (Wildman–Crippen MR) is 129 cm³/mol. The molecule has 35 heavy (non-hydrogen) atoms. The van der Waals surface area contributed by atoms with Crippen molar-refractivity contribution >= 4 is 29.1 Å². The Balaban J connectivity index is 1.47. The summed E-state index contributed by atoms with van der Waals surface area (Å²) in [5.41, 5.74) is 1.24. The zero-order valence-corrected chi connectivity index (χ0v) is 19.4. The van der Waals surface area contributed by atoms with Crippen molar-refractivity contribution < 1.29 is 23.5 Å². The van der Waals surface area contributed by atoms with Crippen LogP contribution >= 0.6 is 11.8 Å². The number of halogens is 1. The molecule has 6 nitrogen and oxygen atoms in total. The van der Waals surface area contributed by atoms with Gasteiger partial charge in [0, 0.05) is 40.4 Å². The maximum absolute atomic E-state index is 14.6. The first-order chi connectivity index (χ1) is 17.1. The highest BCUT2D eigenvalue weighted by molar-refractivity contribution is 7.99. The second-order valence-electron chi connectivity index (χ2n) is 9.29. The number of fused-ring (bicyclic) bond motifs is 5. The Morgan fingerprint density at radius 1 is 1.06 bits per heavy atom. The summed E-state index contributed by atoms with van der Waals surface area (Å²) < 4.78 is 25.6. The number of benzene rings is 3. The van der Waals surface area contributed by atoms with E-state index in [1.54, 1.807) is 36.0 Å². The summed E-state index contributed by atoms with van der Waals surface area (Å²) in [5.74, 6) is 0.602. The van der Waals surface area contributed by atoms with Gasteiger partial charge in [-0.25, -0.2) is 4.39 Å². The van der Waals surface area contributed by atoms with Crippen LogP contribution in [0.1, 0.15) is 27.4 Å². The number of rotatable bonds is 3. The van der Waals surface area contributed by atoms with E-state index >= 15 is 0 Å². The van der Waals surface area contributed by atoms with Gasteiger partial charge in [0.2, 0.25) is 12.7 Å². The van der Waals surface area contributed by atoms with Gasteiger partial charge < -0.3 is 14.8 Å². The molecule has 176 valence electrons. The number of carbonyl (C=O) groups excluding carboxylic acids is 2. The van der Waals surface area contributed by atoms with Crippen molar-refractivity contribution in [1.29, 1.82) is 0 Å². The highest BCUT2D eigenvalue weighted by Gasteiger charge is 2.69. The maximum Gasteiger partial charge on any atom is 0.250 e. The van der Waals surface area contributed by atoms with Gasteiger partial charge in [0.25, 0.3) is 0 Å². The van der Waals surface area contributed by atoms with Gasteiger partial charge in [0.1, 0.15) is 11.4 Å². The summed E-state index contributed by atoms with van der Waals surface area (Å²) in [6.45, 7) is 0.106. The van der Waals surface area contributed by atoms with Gasteiger partial charge in [-0.15, -0.1) is 11.8 Å². The van der Waals surface area contributed by atoms with Crippen LogP contribution in [-0.2, 0) is 10.3 Å². The third kappa shape index (κ3) is 2.81. The van der Waals surface area contributed by atoms with Crippen molar-refractivity contribution in [2.24, 2.45) is 5.92 Å². The molecule has 0 bridgehead atoms. The molecular weight excluding hydrogens is 467 g/mol. The van der Waals surface area contributed by atoms with Crippen LogP contribution in [0.3, 0.4) is 0 Å². The van der Waals surface area contributed by atoms with Crippen LogP contribution in [0.2, 0.25) is 0 Å². The fourth-order valence-electron chi connectivity index (χ4n) is 6.33. The largest absolute Gasteiger partial charge is 0.454 e. The molecule has 3 aromatic carbocycles. The molecule has 7 rings (SSSR count). The summed E-state index contributed by atoms with van der Waals surface area (Å²) in [7, 11) is 0. The van der Waals surface area contributed by atoms with E-state index in [0.29, 0.717) is 34.2 Å². The molecule has 1 amide bonds. The predicted octanol–water partition coefficient (Wildman–Crippen LogP) is 4.37. The van der Waals surface area contributed by atoms with E-state index in [9.17, 15) is 14.0 Å². The van der Waals surface area contributed by atoms with Gasteiger partial charge in [-0.3, -0.25) is 14.5 Å². The Bertz CT molecular complexity index is 1380. The van der Waals surface area contributed by atoms with E-state index in [0.717, 1.165) is 11.3 Å². The molecule has 0 saturated carbocycles. The molecule has 4 heterocycles. The molecule has 4 atom stereocenters. The Morgan fingerprint density at radius 3 is 2.74 bits per heavy atom. The number of ketones is 1. The third-order valence-electron chi connectivity index (χ3n) is 7.71. The number of hydrogen-bond donors (Lipinski definition) is 1. The number of carbonyl (C=O) groups is 2. The highest BCUT2D eigenvalue weighted by atomic mass is 32.2. The normalized spacial score (nSPS) is 28.3. The highest BCUT2D eigenvalue weighted by Crippen LogP contribution is 2.61. The van der Waals surface area contributed by atoms with Crippen molar-refractivity contribution in [3.05, 3.63) is 89.2 Å². The first kappa shape index (κ1) is 21.0. The lowest BCUT2D eigenvalue weighted by atomic mass is 9.69. The van der Waals surface area contributed by atoms with Gasteiger partial charge in [-0.1, -0.05) is 30.3 Å². The molecule has 3 unspecified atom stereocenters. The first-order valence-electron chi connectivity index (χ1n) is 11.5. The molecule has 4 aliphatic heterocycles. The summed E-state index contributed by atoms with van der Waals surface area (Å²) in [6.07, 6.45) is 0. The average molecular weight is 489 g/mol. The lowest BCUT2D eigenvalue weighted by Crippen LogP contribution is -2.52. The maximum atomic E-state index is 14.6. The molecule has 0 aliphatic carbocycles. The second kappa shape index (κ2) is 7.57. The van der Waals surface area contributed by atoms with Crippen LogP contribution in [0.15, 0.2) is 66.7 Å². The van der Waals surface area contributed by atoms with Crippen molar-refractivity contribution in [3.8, 4) is 11.5 Å². The van der Waals surface area contributed by atoms with Crippen LogP contribution in [0, 0.1) is 11.7 Å². The van der Waals surface area contributed by atoms with Crippen molar-refractivity contribution in [2.75, 3.05) is 23.7 Å². The smallest absolute Gasteiger partial charge is 0.250 e. The minimum Gasteiger partial charge on any atom is -0.454 e. The van der Waals surface area contributed by atoms with E-state index in [4.69, 9.17) is 9.47 Å². The molecular formula is C27H21FN2O4S. The second-order valence-corrected chi connectivity index (χ2v) is 10.3.